The zero-order chi connectivity index (χ0) is 21.6. The Hall–Kier alpha value is -2.67. The van der Waals surface area contributed by atoms with E-state index in [1.54, 1.807) is 48.2 Å². The number of hydrogen-bond donors (Lipinski definition) is 1. The quantitative estimate of drug-likeness (QED) is 0.397. The van der Waals surface area contributed by atoms with Crippen molar-refractivity contribution >= 4 is 32.6 Å². The van der Waals surface area contributed by atoms with E-state index in [-0.39, 0.29) is 16.0 Å². The molecule has 0 saturated carbocycles. The zero-order valence-electron chi connectivity index (χ0n) is 16.7. The van der Waals surface area contributed by atoms with Crippen molar-refractivity contribution in [3.63, 3.8) is 0 Å². The minimum Gasteiger partial charge on any atom is -0.207 e. The van der Waals surface area contributed by atoms with Gasteiger partial charge in [-0.3, -0.25) is 0 Å². The van der Waals surface area contributed by atoms with Crippen LogP contribution in [0.25, 0.3) is 10.8 Å². The lowest BCUT2D eigenvalue weighted by Gasteiger charge is -2.23. The highest BCUT2D eigenvalue weighted by molar-refractivity contribution is 7.99. The first-order valence-corrected chi connectivity index (χ1v) is 12.3. The van der Waals surface area contributed by atoms with Crippen LogP contribution in [0.1, 0.15) is 28.0 Å². The van der Waals surface area contributed by atoms with E-state index < -0.39 is 16.1 Å². The Bertz CT molecular complexity index is 1360. The third kappa shape index (κ3) is 3.76. The van der Waals surface area contributed by atoms with Crippen LogP contribution in [0.2, 0.25) is 0 Å². The molecule has 0 amide bonds. The summed E-state index contributed by atoms with van der Waals surface area (Å²) < 4.78 is 42.9. The van der Waals surface area contributed by atoms with Crippen LogP contribution in [0.3, 0.4) is 0 Å². The summed E-state index contributed by atoms with van der Waals surface area (Å²) in [7, 11) is -3.73. The Balaban J connectivity index is 1.58. The summed E-state index contributed by atoms with van der Waals surface area (Å²) in [5, 5.41) is 1.99. The molecule has 0 aliphatic heterocycles. The SMILES string of the molecule is Cc1ccc(S(=O)(=O)N[C@@H]2c3cccc4cccc(c34)[C@@H]2Sc2ccc(F)cc2)cc1. The van der Waals surface area contributed by atoms with Gasteiger partial charge in [0.15, 0.2) is 0 Å². The highest BCUT2D eigenvalue weighted by Gasteiger charge is 2.37. The maximum atomic E-state index is 13.4. The highest BCUT2D eigenvalue weighted by atomic mass is 32.2. The Labute approximate surface area is 185 Å². The molecule has 156 valence electrons. The van der Waals surface area contributed by atoms with Crippen molar-refractivity contribution in [1.29, 1.82) is 0 Å². The van der Waals surface area contributed by atoms with Crippen LogP contribution in [0.15, 0.2) is 94.7 Å². The fourth-order valence-electron chi connectivity index (χ4n) is 4.11. The Morgan fingerprint density at radius 1 is 0.839 bits per heavy atom. The summed E-state index contributed by atoms with van der Waals surface area (Å²) in [6.07, 6.45) is 0. The number of thioether (sulfide) groups is 1. The Morgan fingerprint density at radius 2 is 1.48 bits per heavy atom. The van der Waals surface area contributed by atoms with E-state index in [9.17, 15) is 12.8 Å². The van der Waals surface area contributed by atoms with Crippen molar-refractivity contribution in [2.45, 2.75) is 28.0 Å². The van der Waals surface area contributed by atoms with Gasteiger partial charge < -0.3 is 0 Å². The number of sulfonamides is 1. The minimum absolute atomic E-state index is 0.174. The summed E-state index contributed by atoms with van der Waals surface area (Å²) in [5.74, 6) is -0.294. The molecular formula is C25H20FNO2S2. The molecule has 4 aromatic carbocycles. The smallest absolute Gasteiger partial charge is 0.207 e. The van der Waals surface area contributed by atoms with E-state index >= 15 is 0 Å². The molecule has 0 spiro atoms. The molecule has 1 aliphatic carbocycles. The van der Waals surface area contributed by atoms with Crippen LogP contribution in [-0.2, 0) is 10.0 Å². The molecule has 3 nitrogen and oxygen atoms in total. The Kier molecular flexibility index (Phi) is 5.08. The second-order valence-electron chi connectivity index (χ2n) is 7.70. The van der Waals surface area contributed by atoms with Gasteiger partial charge >= 0.3 is 0 Å². The second-order valence-corrected chi connectivity index (χ2v) is 10.6. The molecule has 0 bridgehead atoms. The standard InChI is InChI=1S/C25H20FNO2S2/c1-16-8-14-20(15-9-16)31(28,29)27-24-21-6-2-4-17-5-3-7-22(23(17)21)25(24)30-19-12-10-18(26)11-13-19/h2-15,24-25,27H,1H3/t24-,25+/m1/s1. The monoisotopic (exact) mass is 449 g/mol. The molecular weight excluding hydrogens is 429 g/mol. The normalized spacial score (nSPS) is 17.9. The molecule has 1 aliphatic rings. The molecule has 2 atom stereocenters. The van der Waals surface area contributed by atoms with Gasteiger partial charge in [-0.25, -0.2) is 17.5 Å². The molecule has 0 heterocycles. The van der Waals surface area contributed by atoms with Gasteiger partial charge in [0.25, 0.3) is 0 Å². The van der Waals surface area contributed by atoms with Crippen LogP contribution in [-0.4, -0.2) is 8.42 Å². The van der Waals surface area contributed by atoms with E-state index in [0.29, 0.717) is 0 Å². The largest absolute Gasteiger partial charge is 0.241 e. The third-order valence-corrected chi connectivity index (χ3v) is 8.38. The van der Waals surface area contributed by atoms with Crippen LogP contribution in [0, 0.1) is 12.7 Å². The van der Waals surface area contributed by atoms with Gasteiger partial charge in [-0.2, -0.15) is 0 Å². The van der Waals surface area contributed by atoms with Gasteiger partial charge in [0.05, 0.1) is 16.2 Å². The molecule has 0 fully saturated rings. The topological polar surface area (TPSA) is 46.2 Å². The number of aryl methyl sites for hydroxylation is 1. The molecule has 0 unspecified atom stereocenters. The second kappa shape index (κ2) is 7.79. The first kappa shape index (κ1) is 20.2. The van der Waals surface area contributed by atoms with Gasteiger partial charge in [-0.15, -0.1) is 11.8 Å². The lowest BCUT2D eigenvalue weighted by atomic mass is 10.1. The van der Waals surface area contributed by atoms with Crippen LogP contribution in [0.4, 0.5) is 4.39 Å². The first-order valence-electron chi connectivity index (χ1n) is 9.95. The highest BCUT2D eigenvalue weighted by Crippen LogP contribution is 2.53. The molecule has 0 saturated heterocycles. The molecule has 31 heavy (non-hydrogen) atoms. The first-order chi connectivity index (χ1) is 14.9. The maximum absolute atomic E-state index is 13.4. The van der Waals surface area contributed by atoms with Gasteiger partial charge in [0.1, 0.15) is 5.82 Å². The van der Waals surface area contributed by atoms with E-state index in [2.05, 4.69) is 4.72 Å². The number of nitrogens with one attached hydrogen (secondary N) is 1. The zero-order valence-corrected chi connectivity index (χ0v) is 18.4. The summed E-state index contributed by atoms with van der Waals surface area (Å²) in [5.41, 5.74) is 3.05. The number of hydrogen-bond acceptors (Lipinski definition) is 3. The van der Waals surface area contributed by atoms with Crippen molar-refractivity contribution in [1.82, 2.24) is 4.72 Å². The van der Waals surface area contributed by atoms with Crippen LogP contribution < -0.4 is 4.72 Å². The number of halogens is 1. The summed E-state index contributed by atoms with van der Waals surface area (Å²) in [6, 6.07) is 24.8. The van der Waals surface area contributed by atoms with E-state index in [1.165, 1.54) is 12.1 Å². The Morgan fingerprint density at radius 3 is 2.16 bits per heavy atom. The molecule has 5 rings (SSSR count). The number of benzene rings is 4. The van der Waals surface area contributed by atoms with Crippen molar-refractivity contribution in [2.24, 2.45) is 0 Å². The summed E-state index contributed by atoms with van der Waals surface area (Å²) in [6.45, 7) is 1.92. The lowest BCUT2D eigenvalue weighted by Crippen LogP contribution is -2.30. The summed E-state index contributed by atoms with van der Waals surface area (Å²) in [4.78, 5) is 1.13. The minimum atomic E-state index is -3.73. The van der Waals surface area contributed by atoms with Crippen LogP contribution >= 0.6 is 11.8 Å². The fraction of sp³-hybridized carbons (Fsp3) is 0.120. The van der Waals surface area contributed by atoms with Crippen molar-refractivity contribution in [2.75, 3.05) is 0 Å². The average molecular weight is 450 g/mol. The fourth-order valence-corrected chi connectivity index (χ4v) is 6.68. The van der Waals surface area contributed by atoms with E-state index in [4.69, 9.17) is 0 Å². The molecule has 6 heteroatoms. The molecule has 4 aromatic rings. The van der Waals surface area contributed by atoms with E-state index in [1.807, 2.05) is 43.3 Å². The third-order valence-electron chi connectivity index (χ3n) is 5.60. The predicted molar refractivity (Wildman–Crippen MR) is 123 cm³/mol. The lowest BCUT2D eigenvalue weighted by molar-refractivity contribution is 0.557. The predicted octanol–water partition coefficient (Wildman–Crippen LogP) is 6.15. The van der Waals surface area contributed by atoms with Gasteiger partial charge in [-0.1, -0.05) is 54.1 Å². The average Bonchev–Trinajstić information content (AvgIpc) is 3.04. The van der Waals surface area contributed by atoms with Crippen LogP contribution in [0.5, 0.6) is 0 Å². The molecule has 0 aromatic heterocycles. The van der Waals surface area contributed by atoms with Crippen molar-refractivity contribution < 1.29 is 12.8 Å². The van der Waals surface area contributed by atoms with E-state index in [0.717, 1.165) is 32.4 Å². The molecule has 1 N–H and O–H groups in total. The van der Waals surface area contributed by atoms with Gasteiger partial charge in [-0.05, 0) is 65.2 Å². The van der Waals surface area contributed by atoms with Crippen molar-refractivity contribution in [3.05, 3.63) is 107 Å². The molecule has 0 radical (unpaired) electrons. The number of rotatable bonds is 5. The summed E-state index contributed by atoms with van der Waals surface area (Å²) >= 11 is 1.54. The van der Waals surface area contributed by atoms with Gasteiger partial charge in [0, 0.05) is 4.90 Å². The maximum Gasteiger partial charge on any atom is 0.241 e. The van der Waals surface area contributed by atoms with Crippen molar-refractivity contribution in [3.8, 4) is 0 Å². The van der Waals surface area contributed by atoms with Gasteiger partial charge in [0.2, 0.25) is 10.0 Å².